The van der Waals surface area contributed by atoms with Crippen LogP contribution in [0.25, 0.3) is 0 Å². The molecule has 3 nitrogen and oxygen atoms in total. The van der Waals surface area contributed by atoms with Gasteiger partial charge in [0.25, 0.3) is 0 Å². The molecule has 17 heavy (non-hydrogen) atoms. The van der Waals surface area contributed by atoms with E-state index < -0.39 is 11.4 Å². The minimum absolute atomic E-state index is 0.636. The molecule has 0 bridgehead atoms. The van der Waals surface area contributed by atoms with Gasteiger partial charge in [0.1, 0.15) is 5.75 Å². The second-order valence-electron chi connectivity index (χ2n) is 5.07. The van der Waals surface area contributed by atoms with Crippen molar-refractivity contribution in [1.82, 2.24) is 0 Å². The van der Waals surface area contributed by atoms with Crippen LogP contribution >= 0.6 is 0 Å². The Labute approximate surface area is 100 Å². The van der Waals surface area contributed by atoms with Crippen molar-refractivity contribution in [2.45, 2.75) is 38.0 Å². The third kappa shape index (κ3) is 1.31. The van der Waals surface area contributed by atoms with E-state index in [4.69, 9.17) is 4.74 Å². The number of benzene rings is 1. The van der Waals surface area contributed by atoms with Gasteiger partial charge in [-0.3, -0.25) is 4.79 Å². The molecular formula is C14H16O3. The summed E-state index contributed by atoms with van der Waals surface area (Å²) in [7, 11) is 0. The van der Waals surface area contributed by atoms with E-state index in [0.29, 0.717) is 6.61 Å². The van der Waals surface area contributed by atoms with Gasteiger partial charge in [0.15, 0.2) is 0 Å². The Morgan fingerprint density at radius 2 is 2.18 bits per heavy atom. The van der Waals surface area contributed by atoms with E-state index in [2.05, 4.69) is 0 Å². The van der Waals surface area contributed by atoms with Crippen LogP contribution in [0.3, 0.4) is 0 Å². The smallest absolute Gasteiger partial charge is 0.314 e. The molecule has 1 N–H and O–H groups in total. The van der Waals surface area contributed by atoms with Crippen LogP contribution in [0.5, 0.6) is 5.75 Å². The zero-order chi connectivity index (χ0) is 12.0. The predicted octanol–water partition coefficient (Wildman–Crippen LogP) is 2.44. The van der Waals surface area contributed by atoms with Crippen LogP contribution in [0.1, 0.15) is 36.0 Å². The number of ether oxygens (including phenoxy) is 1. The Hall–Kier alpha value is -1.51. The molecular weight excluding hydrogens is 216 g/mol. The van der Waals surface area contributed by atoms with Gasteiger partial charge in [0.05, 0.1) is 12.0 Å². The Bertz CT molecular complexity index is 486. The zero-order valence-electron chi connectivity index (χ0n) is 9.95. The molecule has 1 aromatic rings. The molecule has 0 aromatic heterocycles. The zero-order valence-corrected chi connectivity index (χ0v) is 9.95. The summed E-state index contributed by atoms with van der Waals surface area (Å²) in [5.41, 5.74) is 2.62. The molecule has 0 amide bonds. The minimum Gasteiger partial charge on any atom is -0.493 e. The van der Waals surface area contributed by atoms with Gasteiger partial charge >= 0.3 is 5.97 Å². The predicted molar refractivity (Wildman–Crippen MR) is 63.5 cm³/mol. The molecule has 90 valence electrons. The van der Waals surface area contributed by atoms with Crippen molar-refractivity contribution in [1.29, 1.82) is 0 Å². The first-order valence-corrected chi connectivity index (χ1v) is 6.14. The Balaban J connectivity index is 2.20. The van der Waals surface area contributed by atoms with E-state index in [0.717, 1.165) is 48.1 Å². The number of hydrogen-bond acceptors (Lipinski definition) is 2. The maximum absolute atomic E-state index is 11.6. The molecule has 3 heteroatoms. The normalized spacial score (nSPS) is 20.3. The number of carboxylic acid groups (broad SMARTS) is 1. The summed E-state index contributed by atoms with van der Waals surface area (Å²) in [4.78, 5) is 11.6. The van der Waals surface area contributed by atoms with Gasteiger partial charge in [0, 0.05) is 12.0 Å². The number of aliphatic carboxylic acids is 1. The largest absolute Gasteiger partial charge is 0.493 e. The van der Waals surface area contributed by atoms with Crippen molar-refractivity contribution in [3.05, 3.63) is 28.8 Å². The lowest BCUT2D eigenvalue weighted by atomic mass is 9.62. The molecule has 1 saturated carbocycles. The molecule has 0 saturated heterocycles. The fraction of sp³-hybridized carbons (Fsp3) is 0.500. The fourth-order valence-electron chi connectivity index (χ4n) is 3.16. The molecule has 1 fully saturated rings. The maximum atomic E-state index is 11.6. The average Bonchev–Trinajstić information content (AvgIpc) is 2.67. The first kappa shape index (κ1) is 10.6. The lowest BCUT2D eigenvalue weighted by Crippen LogP contribution is -2.43. The van der Waals surface area contributed by atoms with Crippen molar-refractivity contribution in [2.75, 3.05) is 6.61 Å². The molecule has 1 aromatic carbocycles. The lowest BCUT2D eigenvalue weighted by molar-refractivity contribution is -0.147. The monoisotopic (exact) mass is 232 g/mol. The Morgan fingerprint density at radius 1 is 1.41 bits per heavy atom. The number of carboxylic acids is 1. The van der Waals surface area contributed by atoms with Crippen LogP contribution in [0.4, 0.5) is 0 Å². The topological polar surface area (TPSA) is 46.5 Å². The standard InChI is InChI=1S/C14H16O3/c1-9-3-4-11-10(5-8-17-11)12(9)14(13(15)16)6-2-7-14/h3-4H,2,5-8H2,1H3,(H,15,16). The third-order valence-electron chi connectivity index (χ3n) is 4.18. The SMILES string of the molecule is Cc1ccc2c(c1C1(C(=O)O)CCC1)CCO2. The molecule has 0 unspecified atom stereocenters. The second kappa shape index (κ2) is 3.49. The first-order valence-electron chi connectivity index (χ1n) is 6.14. The number of fused-ring (bicyclic) bond motifs is 1. The van der Waals surface area contributed by atoms with Gasteiger partial charge in [-0.25, -0.2) is 0 Å². The highest BCUT2D eigenvalue weighted by molar-refractivity contribution is 5.84. The van der Waals surface area contributed by atoms with Gasteiger partial charge in [-0.15, -0.1) is 0 Å². The van der Waals surface area contributed by atoms with Gasteiger partial charge in [0.2, 0.25) is 0 Å². The second-order valence-corrected chi connectivity index (χ2v) is 5.07. The van der Waals surface area contributed by atoms with Crippen LogP contribution in [0.2, 0.25) is 0 Å². The molecule has 1 aliphatic heterocycles. The van der Waals surface area contributed by atoms with Gasteiger partial charge in [-0.05, 0) is 37.0 Å². The first-order chi connectivity index (χ1) is 8.15. The molecule has 0 spiro atoms. The van der Waals surface area contributed by atoms with E-state index in [1.54, 1.807) is 0 Å². The summed E-state index contributed by atoms with van der Waals surface area (Å²) in [5, 5.41) is 9.55. The lowest BCUT2D eigenvalue weighted by Gasteiger charge is -2.40. The summed E-state index contributed by atoms with van der Waals surface area (Å²) >= 11 is 0. The van der Waals surface area contributed by atoms with Gasteiger partial charge in [-0.1, -0.05) is 12.5 Å². The average molecular weight is 232 g/mol. The van der Waals surface area contributed by atoms with Gasteiger partial charge in [-0.2, -0.15) is 0 Å². The van der Waals surface area contributed by atoms with Crippen molar-refractivity contribution in [3.63, 3.8) is 0 Å². The Kier molecular flexibility index (Phi) is 2.18. The van der Waals surface area contributed by atoms with E-state index in [-0.39, 0.29) is 0 Å². The summed E-state index contributed by atoms with van der Waals surface area (Å²) < 4.78 is 5.54. The number of carbonyl (C=O) groups is 1. The molecule has 3 rings (SSSR count). The number of rotatable bonds is 2. The fourth-order valence-corrected chi connectivity index (χ4v) is 3.16. The van der Waals surface area contributed by atoms with Crippen molar-refractivity contribution < 1.29 is 14.6 Å². The van der Waals surface area contributed by atoms with Crippen LogP contribution in [-0.4, -0.2) is 17.7 Å². The molecule has 2 aliphatic rings. The van der Waals surface area contributed by atoms with E-state index in [1.165, 1.54) is 0 Å². The van der Waals surface area contributed by atoms with E-state index >= 15 is 0 Å². The van der Waals surface area contributed by atoms with Gasteiger partial charge < -0.3 is 9.84 Å². The summed E-state index contributed by atoms with van der Waals surface area (Å²) in [6.07, 6.45) is 3.39. The quantitative estimate of drug-likeness (QED) is 0.851. The van der Waals surface area contributed by atoms with E-state index in [1.807, 2.05) is 19.1 Å². The van der Waals surface area contributed by atoms with Crippen molar-refractivity contribution >= 4 is 5.97 Å². The highest BCUT2D eigenvalue weighted by Crippen LogP contribution is 2.49. The molecule has 0 radical (unpaired) electrons. The highest BCUT2D eigenvalue weighted by Gasteiger charge is 2.48. The molecule has 1 aliphatic carbocycles. The third-order valence-corrected chi connectivity index (χ3v) is 4.18. The van der Waals surface area contributed by atoms with E-state index in [9.17, 15) is 9.90 Å². The number of hydrogen-bond donors (Lipinski definition) is 1. The van der Waals surface area contributed by atoms with Crippen LogP contribution in [0.15, 0.2) is 12.1 Å². The molecule has 0 atom stereocenters. The van der Waals surface area contributed by atoms with Crippen LogP contribution in [-0.2, 0) is 16.6 Å². The van der Waals surface area contributed by atoms with Crippen molar-refractivity contribution in [2.24, 2.45) is 0 Å². The number of aryl methyl sites for hydroxylation is 1. The van der Waals surface area contributed by atoms with Crippen molar-refractivity contribution in [3.8, 4) is 5.75 Å². The minimum atomic E-state index is -0.674. The summed E-state index contributed by atoms with van der Waals surface area (Å²) in [6.45, 7) is 2.69. The molecule has 1 heterocycles. The highest BCUT2D eigenvalue weighted by atomic mass is 16.5. The van der Waals surface area contributed by atoms with Crippen LogP contribution < -0.4 is 4.74 Å². The Morgan fingerprint density at radius 3 is 2.76 bits per heavy atom. The maximum Gasteiger partial charge on any atom is 0.314 e. The van der Waals surface area contributed by atoms with Crippen LogP contribution in [0, 0.1) is 6.92 Å². The summed E-state index contributed by atoms with van der Waals surface area (Å²) in [5.74, 6) is 0.213. The summed E-state index contributed by atoms with van der Waals surface area (Å²) in [6, 6.07) is 3.96.